The van der Waals surface area contributed by atoms with Crippen LogP contribution in [0.4, 0.5) is 0 Å². The highest BCUT2D eigenvalue weighted by atomic mass is 14.2. The van der Waals surface area contributed by atoms with E-state index in [0.29, 0.717) is 5.92 Å². The Morgan fingerprint density at radius 2 is 1.32 bits per heavy atom. The Balaban J connectivity index is 2.18. The van der Waals surface area contributed by atoms with Gasteiger partial charge in [0.2, 0.25) is 0 Å². The lowest BCUT2D eigenvalue weighted by Gasteiger charge is -2.16. The molecule has 0 nitrogen and oxygen atoms in total. The van der Waals surface area contributed by atoms with Gasteiger partial charge in [-0.15, -0.1) is 0 Å². The fourth-order valence-corrected chi connectivity index (χ4v) is 2.77. The summed E-state index contributed by atoms with van der Waals surface area (Å²) in [5.41, 5.74) is 4.13. The molecule has 0 aliphatic rings. The molecule has 1 atom stereocenters. The van der Waals surface area contributed by atoms with Gasteiger partial charge >= 0.3 is 0 Å². The fourth-order valence-electron chi connectivity index (χ4n) is 2.77. The first-order valence-corrected chi connectivity index (χ1v) is 6.80. The molecule has 0 heteroatoms. The van der Waals surface area contributed by atoms with Crippen LogP contribution in [-0.4, -0.2) is 0 Å². The predicted molar refractivity (Wildman–Crippen MR) is 82.6 cm³/mol. The molecule has 0 heterocycles. The maximum atomic E-state index is 2.28. The molecule has 3 aromatic carbocycles. The van der Waals surface area contributed by atoms with Crippen molar-refractivity contribution in [2.75, 3.05) is 0 Å². The van der Waals surface area contributed by atoms with E-state index in [-0.39, 0.29) is 0 Å². The van der Waals surface area contributed by atoms with Crippen LogP contribution in [0.25, 0.3) is 10.8 Å². The largest absolute Gasteiger partial charge is 0.0622 e. The number of fused-ring (bicyclic) bond motifs is 1. The predicted octanol–water partition coefficient (Wildman–Crippen LogP) is 5.30. The lowest BCUT2D eigenvalue weighted by Crippen LogP contribution is -1.97. The molecule has 94 valence electrons. The van der Waals surface area contributed by atoms with Gasteiger partial charge in [-0.3, -0.25) is 0 Å². The topological polar surface area (TPSA) is 0 Å². The molecule has 3 rings (SSSR count). The first kappa shape index (κ1) is 12.0. The summed E-state index contributed by atoms with van der Waals surface area (Å²) in [6.45, 7) is 4.46. The van der Waals surface area contributed by atoms with E-state index < -0.39 is 0 Å². The molecule has 19 heavy (non-hydrogen) atoms. The highest BCUT2D eigenvalue weighted by Gasteiger charge is 2.11. The standard InChI is InChI=1S/C19H18/c1-14-12-13-18(19-11-7-6-10-17(14)19)15(2)16-8-4-3-5-9-16/h3-13,15H,1-2H3. The normalized spacial score (nSPS) is 12.5. The lowest BCUT2D eigenvalue weighted by molar-refractivity contribution is 0.932. The zero-order chi connectivity index (χ0) is 13.2. The summed E-state index contributed by atoms with van der Waals surface area (Å²) in [6, 6.07) is 23.9. The van der Waals surface area contributed by atoms with Crippen molar-refractivity contribution in [3.05, 3.63) is 83.4 Å². The highest BCUT2D eigenvalue weighted by molar-refractivity contribution is 5.89. The van der Waals surface area contributed by atoms with E-state index in [1.165, 1.54) is 27.5 Å². The van der Waals surface area contributed by atoms with E-state index in [2.05, 4.69) is 80.6 Å². The van der Waals surface area contributed by atoms with Gasteiger partial charge in [0.05, 0.1) is 0 Å². The number of aryl methyl sites for hydroxylation is 1. The molecule has 0 bridgehead atoms. The minimum atomic E-state index is 0.423. The molecular formula is C19H18. The minimum absolute atomic E-state index is 0.423. The molecule has 0 N–H and O–H groups in total. The summed E-state index contributed by atoms with van der Waals surface area (Å²) in [6.07, 6.45) is 0. The van der Waals surface area contributed by atoms with E-state index in [1.54, 1.807) is 0 Å². The van der Waals surface area contributed by atoms with E-state index in [0.717, 1.165) is 0 Å². The van der Waals surface area contributed by atoms with Crippen LogP contribution in [0.15, 0.2) is 66.7 Å². The number of hydrogen-bond donors (Lipinski definition) is 0. The average Bonchev–Trinajstić information content (AvgIpc) is 2.48. The summed E-state index contributed by atoms with van der Waals surface area (Å²) in [4.78, 5) is 0. The Kier molecular flexibility index (Phi) is 3.08. The Morgan fingerprint density at radius 3 is 2.05 bits per heavy atom. The Morgan fingerprint density at radius 1 is 0.684 bits per heavy atom. The van der Waals surface area contributed by atoms with Crippen LogP contribution >= 0.6 is 0 Å². The van der Waals surface area contributed by atoms with Crippen molar-refractivity contribution < 1.29 is 0 Å². The summed E-state index contributed by atoms with van der Waals surface area (Å²) < 4.78 is 0. The highest BCUT2D eigenvalue weighted by Crippen LogP contribution is 2.31. The van der Waals surface area contributed by atoms with Crippen molar-refractivity contribution in [3.63, 3.8) is 0 Å². The molecule has 0 amide bonds. The van der Waals surface area contributed by atoms with Crippen LogP contribution in [-0.2, 0) is 0 Å². The van der Waals surface area contributed by atoms with Crippen molar-refractivity contribution in [2.45, 2.75) is 19.8 Å². The third-order valence-electron chi connectivity index (χ3n) is 3.94. The maximum Gasteiger partial charge on any atom is 0.00671 e. The van der Waals surface area contributed by atoms with Crippen molar-refractivity contribution >= 4 is 10.8 Å². The van der Waals surface area contributed by atoms with Crippen LogP contribution < -0.4 is 0 Å². The first-order chi connectivity index (χ1) is 9.27. The molecular weight excluding hydrogens is 228 g/mol. The summed E-state index contributed by atoms with van der Waals surface area (Å²) >= 11 is 0. The smallest absolute Gasteiger partial charge is 0.00671 e. The Bertz CT molecular complexity index is 696. The first-order valence-electron chi connectivity index (χ1n) is 6.80. The third-order valence-corrected chi connectivity index (χ3v) is 3.94. The van der Waals surface area contributed by atoms with Gasteiger partial charge < -0.3 is 0 Å². The molecule has 0 fully saturated rings. The van der Waals surface area contributed by atoms with Gasteiger partial charge in [0.1, 0.15) is 0 Å². The zero-order valence-corrected chi connectivity index (χ0v) is 11.4. The second-order valence-electron chi connectivity index (χ2n) is 5.15. The SMILES string of the molecule is Cc1ccc(C(C)c2ccccc2)c2ccccc12. The van der Waals surface area contributed by atoms with Gasteiger partial charge in [-0.1, -0.05) is 73.7 Å². The molecule has 0 saturated heterocycles. The maximum absolute atomic E-state index is 2.28. The number of hydrogen-bond acceptors (Lipinski definition) is 0. The monoisotopic (exact) mass is 246 g/mol. The van der Waals surface area contributed by atoms with Gasteiger partial charge in [0, 0.05) is 5.92 Å². The molecule has 0 aliphatic heterocycles. The average molecular weight is 246 g/mol. The van der Waals surface area contributed by atoms with Crippen molar-refractivity contribution in [3.8, 4) is 0 Å². The summed E-state index contributed by atoms with van der Waals surface area (Å²) in [7, 11) is 0. The number of rotatable bonds is 2. The van der Waals surface area contributed by atoms with Crippen LogP contribution in [0, 0.1) is 6.92 Å². The second kappa shape index (κ2) is 4.89. The summed E-state index contributed by atoms with van der Waals surface area (Å²) in [5.74, 6) is 0.423. The van der Waals surface area contributed by atoms with Crippen LogP contribution in [0.3, 0.4) is 0 Å². The van der Waals surface area contributed by atoms with E-state index in [1.807, 2.05) is 0 Å². The molecule has 0 saturated carbocycles. The second-order valence-corrected chi connectivity index (χ2v) is 5.15. The van der Waals surface area contributed by atoms with Gasteiger partial charge in [0.15, 0.2) is 0 Å². The quantitative estimate of drug-likeness (QED) is 0.575. The fraction of sp³-hybridized carbons (Fsp3) is 0.158. The van der Waals surface area contributed by atoms with Crippen LogP contribution in [0.2, 0.25) is 0 Å². The zero-order valence-electron chi connectivity index (χ0n) is 11.4. The van der Waals surface area contributed by atoms with Gasteiger partial charge in [-0.05, 0) is 34.4 Å². The van der Waals surface area contributed by atoms with Crippen molar-refractivity contribution in [2.24, 2.45) is 0 Å². The molecule has 0 aliphatic carbocycles. The molecule has 0 aromatic heterocycles. The van der Waals surface area contributed by atoms with Crippen LogP contribution in [0.5, 0.6) is 0 Å². The number of benzene rings is 3. The van der Waals surface area contributed by atoms with Crippen molar-refractivity contribution in [1.82, 2.24) is 0 Å². The minimum Gasteiger partial charge on any atom is -0.0622 e. The molecule has 0 spiro atoms. The van der Waals surface area contributed by atoms with Crippen molar-refractivity contribution in [1.29, 1.82) is 0 Å². The van der Waals surface area contributed by atoms with Gasteiger partial charge in [0.25, 0.3) is 0 Å². The van der Waals surface area contributed by atoms with E-state index in [4.69, 9.17) is 0 Å². The molecule has 3 aromatic rings. The van der Waals surface area contributed by atoms with Gasteiger partial charge in [-0.25, -0.2) is 0 Å². The van der Waals surface area contributed by atoms with E-state index >= 15 is 0 Å². The summed E-state index contributed by atoms with van der Waals surface area (Å²) in [5, 5.41) is 2.74. The van der Waals surface area contributed by atoms with Gasteiger partial charge in [-0.2, -0.15) is 0 Å². The third kappa shape index (κ3) is 2.15. The lowest BCUT2D eigenvalue weighted by atomic mass is 9.88. The van der Waals surface area contributed by atoms with Crippen LogP contribution in [0.1, 0.15) is 29.5 Å². The Labute approximate surface area is 114 Å². The Hall–Kier alpha value is -2.08. The van der Waals surface area contributed by atoms with E-state index in [9.17, 15) is 0 Å². The molecule has 1 unspecified atom stereocenters. The molecule has 0 radical (unpaired) electrons.